The van der Waals surface area contributed by atoms with Crippen LogP contribution in [0.15, 0.2) is 35.4 Å². The van der Waals surface area contributed by atoms with Crippen molar-refractivity contribution in [3.8, 4) is 5.88 Å². The van der Waals surface area contributed by atoms with Crippen molar-refractivity contribution in [1.82, 2.24) is 15.3 Å². The lowest BCUT2D eigenvalue weighted by molar-refractivity contribution is 0.306. The molecule has 0 saturated heterocycles. The summed E-state index contributed by atoms with van der Waals surface area (Å²) in [5.41, 5.74) is 9.56. The van der Waals surface area contributed by atoms with Crippen molar-refractivity contribution in [1.29, 1.82) is 0 Å². The molecule has 0 bridgehead atoms. The Bertz CT molecular complexity index is 1040. The molecule has 7 nitrogen and oxygen atoms in total. The van der Waals surface area contributed by atoms with Crippen LogP contribution in [0.2, 0.25) is 0 Å². The third-order valence-electron chi connectivity index (χ3n) is 5.46. The molecule has 2 heterocycles. The third-order valence-corrected chi connectivity index (χ3v) is 5.46. The molecule has 0 unspecified atom stereocenters. The first-order valence-electron chi connectivity index (χ1n) is 12.5. The number of anilines is 2. The molecule has 0 radical (unpaired) electrons. The first kappa shape index (κ1) is 27.2. The van der Waals surface area contributed by atoms with Crippen LogP contribution in [0.3, 0.4) is 0 Å². The summed E-state index contributed by atoms with van der Waals surface area (Å²) in [5, 5.41) is 8.76. The second kappa shape index (κ2) is 14.3. The second-order valence-electron chi connectivity index (χ2n) is 8.03. The van der Waals surface area contributed by atoms with Gasteiger partial charge in [-0.25, -0.2) is 4.98 Å². The molecule has 7 heteroatoms. The minimum Gasteiger partial charge on any atom is -0.476 e. The highest BCUT2D eigenvalue weighted by molar-refractivity contribution is 5.87. The maximum Gasteiger partial charge on any atom is 0.215 e. The van der Waals surface area contributed by atoms with Crippen molar-refractivity contribution in [3.63, 3.8) is 0 Å². The predicted octanol–water partition coefficient (Wildman–Crippen LogP) is 5.88. The number of fused-ring (bicyclic) bond motifs is 1. The number of aromatic amines is 1. The Balaban J connectivity index is 0.00000199. The lowest BCUT2D eigenvalue weighted by atomic mass is 10.1. The molecule has 34 heavy (non-hydrogen) atoms. The molecule has 0 saturated carbocycles. The topological polar surface area (TPSA) is 77.6 Å². The van der Waals surface area contributed by atoms with E-state index in [0.717, 1.165) is 55.1 Å². The Morgan fingerprint density at radius 2 is 1.82 bits per heavy atom. The number of aryl methyl sites for hydroxylation is 2. The maximum atomic E-state index is 5.88. The minimum atomic E-state index is 0.568. The molecule has 0 atom stereocenters. The van der Waals surface area contributed by atoms with E-state index in [0.29, 0.717) is 12.5 Å². The number of hydrazone groups is 1. The van der Waals surface area contributed by atoms with Crippen molar-refractivity contribution in [3.05, 3.63) is 47.3 Å². The number of nitrogens with one attached hydrogen (secondary N) is 3. The second-order valence-corrected chi connectivity index (χ2v) is 8.03. The normalized spacial score (nSPS) is 10.9. The Kier molecular flexibility index (Phi) is 11.4. The van der Waals surface area contributed by atoms with Gasteiger partial charge in [0.15, 0.2) is 0 Å². The van der Waals surface area contributed by atoms with Gasteiger partial charge in [0, 0.05) is 48.0 Å². The summed E-state index contributed by atoms with van der Waals surface area (Å²) in [6, 6.07) is 10.3. The fraction of sp³-hybridized carbons (Fsp3) is 0.481. The molecule has 0 aliphatic carbocycles. The maximum absolute atomic E-state index is 5.88. The number of likely N-dealkylation sites (N-methyl/N-ethyl adjacent to an activating group) is 1. The number of ether oxygens (including phenoxy) is 1. The number of H-pyrrole nitrogens is 1. The number of pyridine rings is 1. The molecule has 0 aliphatic heterocycles. The highest BCUT2D eigenvalue weighted by Gasteiger charge is 2.10. The zero-order valence-corrected chi connectivity index (χ0v) is 22.0. The number of rotatable bonds is 12. The first-order chi connectivity index (χ1) is 16.5. The molecular formula is C27H42N6O. The summed E-state index contributed by atoms with van der Waals surface area (Å²) >= 11 is 0. The van der Waals surface area contributed by atoms with Gasteiger partial charge in [-0.15, -0.1) is 0 Å². The average Bonchev–Trinajstić information content (AvgIpc) is 3.13. The Labute approximate surface area is 205 Å². The van der Waals surface area contributed by atoms with Gasteiger partial charge < -0.3 is 19.9 Å². The van der Waals surface area contributed by atoms with Crippen LogP contribution in [0.25, 0.3) is 10.9 Å². The highest BCUT2D eigenvalue weighted by atomic mass is 16.5. The smallest absolute Gasteiger partial charge is 0.215 e. The Hall–Kier alpha value is -3.06. The molecule has 0 spiro atoms. The molecule has 186 valence electrons. The van der Waals surface area contributed by atoms with E-state index in [9.17, 15) is 0 Å². The van der Waals surface area contributed by atoms with Crippen molar-refractivity contribution < 1.29 is 4.74 Å². The number of benzene rings is 1. The van der Waals surface area contributed by atoms with Gasteiger partial charge in [-0.2, -0.15) is 5.10 Å². The monoisotopic (exact) mass is 466 g/mol. The van der Waals surface area contributed by atoms with Crippen LogP contribution in [0.4, 0.5) is 11.4 Å². The molecule has 3 rings (SSSR count). The number of aromatic nitrogens is 2. The summed E-state index contributed by atoms with van der Waals surface area (Å²) in [6.45, 7) is 16.0. The Morgan fingerprint density at radius 3 is 2.50 bits per heavy atom. The number of hydrogen-bond donors (Lipinski definition) is 3. The van der Waals surface area contributed by atoms with Gasteiger partial charge in [-0.3, -0.25) is 5.43 Å². The van der Waals surface area contributed by atoms with E-state index < -0.39 is 0 Å². The van der Waals surface area contributed by atoms with Crippen molar-refractivity contribution in [2.75, 3.05) is 43.6 Å². The van der Waals surface area contributed by atoms with Gasteiger partial charge in [0.25, 0.3) is 0 Å². The summed E-state index contributed by atoms with van der Waals surface area (Å²) in [6.07, 6.45) is 3.93. The fourth-order valence-corrected chi connectivity index (χ4v) is 3.71. The van der Waals surface area contributed by atoms with E-state index in [-0.39, 0.29) is 0 Å². The van der Waals surface area contributed by atoms with Crippen molar-refractivity contribution in [2.45, 2.75) is 54.4 Å². The molecule has 3 aromatic rings. The van der Waals surface area contributed by atoms with Crippen LogP contribution in [0, 0.1) is 13.8 Å². The van der Waals surface area contributed by atoms with Crippen molar-refractivity contribution in [2.24, 2.45) is 5.10 Å². The summed E-state index contributed by atoms with van der Waals surface area (Å²) in [5.74, 6) is 0.622. The molecule has 0 amide bonds. The van der Waals surface area contributed by atoms with E-state index in [4.69, 9.17) is 4.74 Å². The summed E-state index contributed by atoms with van der Waals surface area (Å²) < 4.78 is 5.88. The van der Waals surface area contributed by atoms with Gasteiger partial charge in [-0.05, 0) is 63.6 Å². The summed E-state index contributed by atoms with van der Waals surface area (Å²) in [7, 11) is 1.91. The van der Waals surface area contributed by atoms with Gasteiger partial charge in [0.2, 0.25) is 5.88 Å². The fourth-order valence-electron chi connectivity index (χ4n) is 3.71. The van der Waals surface area contributed by atoms with E-state index in [1.165, 1.54) is 16.6 Å². The van der Waals surface area contributed by atoms with Gasteiger partial charge in [0.05, 0.1) is 17.6 Å². The lowest BCUT2D eigenvalue weighted by Gasteiger charge is -2.24. The lowest BCUT2D eigenvalue weighted by Crippen LogP contribution is -2.25. The van der Waals surface area contributed by atoms with Gasteiger partial charge in [0.1, 0.15) is 6.61 Å². The number of nitrogens with zero attached hydrogens (tertiary/aromatic N) is 3. The van der Waals surface area contributed by atoms with Crippen LogP contribution in [-0.4, -0.2) is 49.5 Å². The predicted molar refractivity (Wildman–Crippen MR) is 147 cm³/mol. The molecule has 0 aliphatic rings. The van der Waals surface area contributed by atoms with Crippen LogP contribution in [-0.2, 0) is 0 Å². The molecule has 0 fully saturated rings. The van der Waals surface area contributed by atoms with Gasteiger partial charge >= 0.3 is 0 Å². The Morgan fingerprint density at radius 1 is 1.09 bits per heavy atom. The molecule has 3 N–H and O–H groups in total. The van der Waals surface area contributed by atoms with Crippen LogP contribution in [0.1, 0.15) is 57.5 Å². The molecular weight excluding hydrogens is 424 g/mol. The van der Waals surface area contributed by atoms with Crippen LogP contribution in [0.5, 0.6) is 5.88 Å². The van der Waals surface area contributed by atoms with E-state index in [2.05, 4.69) is 76.6 Å². The summed E-state index contributed by atoms with van der Waals surface area (Å²) in [4.78, 5) is 10.4. The first-order valence-corrected chi connectivity index (χ1v) is 12.5. The van der Waals surface area contributed by atoms with Crippen molar-refractivity contribution >= 4 is 28.5 Å². The van der Waals surface area contributed by atoms with E-state index in [1.807, 2.05) is 33.0 Å². The van der Waals surface area contributed by atoms with E-state index in [1.54, 1.807) is 6.21 Å². The largest absolute Gasteiger partial charge is 0.476 e. The minimum absolute atomic E-state index is 0.568. The zero-order chi connectivity index (χ0) is 24.9. The van der Waals surface area contributed by atoms with Crippen LogP contribution < -0.4 is 20.4 Å². The van der Waals surface area contributed by atoms with Gasteiger partial charge in [-0.1, -0.05) is 27.7 Å². The van der Waals surface area contributed by atoms with E-state index >= 15 is 0 Å². The molecule has 2 aromatic heterocycles. The molecule has 1 aromatic carbocycles. The SMILES string of the molecule is CC.CCCN(CCC)c1cc(/C=N/Nc2ccc3[nH]c(C)c(C)c3c2)nc(OCCNC)c1. The zero-order valence-electron chi connectivity index (χ0n) is 22.0. The average molecular weight is 467 g/mol. The quantitative estimate of drug-likeness (QED) is 0.177. The highest BCUT2D eigenvalue weighted by Crippen LogP contribution is 2.25. The van der Waals surface area contributed by atoms with Crippen LogP contribution >= 0.6 is 0 Å². The third kappa shape index (κ3) is 7.48. The number of hydrogen-bond acceptors (Lipinski definition) is 6. The standard InChI is InChI=1S/C25H36N6O.C2H6/c1-6-11-31(12-7-2)22-14-21(29-25(16-22)32-13-10-26-5)17-27-30-20-8-9-24-23(15-20)18(3)19(4)28-24;1-2/h8-9,14-17,26,28,30H,6-7,10-13H2,1-5H3;1-2H3/b27-17+;.